The molecule has 178 valence electrons. The summed E-state index contributed by atoms with van der Waals surface area (Å²) in [5, 5.41) is 16.3. The highest BCUT2D eigenvalue weighted by Crippen LogP contribution is 2.26. The normalized spacial score (nSPS) is 20.0. The van der Waals surface area contributed by atoms with Gasteiger partial charge in [-0.25, -0.2) is 5.48 Å². The Bertz CT molecular complexity index is 1170. The molecule has 8 nitrogen and oxygen atoms in total. The van der Waals surface area contributed by atoms with E-state index >= 15 is 0 Å². The molecule has 4 rings (SSSR count). The van der Waals surface area contributed by atoms with Crippen LogP contribution in [0.2, 0.25) is 0 Å². The van der Waals surface area contributed by atoms with E-state index in [4.69, 9.17) is 9.94 Å². The van der Waals surface area contributed by atoms with Crippen LogP contribution in [0.25, 0.3) is 10.9 Å². The van der Waals surface area contributed by atoms with Crippen LogP contribution in [0.5, 0.6) is 5.75 Å². The number of pyridine rings is 1. The molecule has 0 radical (unpaired) electrons. The summed E-state index contributed by atoms with van der Waals surface area (Å²) in [6.07, 6.45) is 2.28. The standard InChI is InChI=1S/C26H30N4O4/c1-16-14-18(20-6-3-4-8-22(20)28-16)15-34-19-12-10-17(11-13-19)25(31)29-24-21(26(32)30-33)7-5-9-23(24)27-2/h3-4,6,8,10-14,21,23-24,27,33H,5,7,9,15H2,1-2H3,(H,29,31)(H,30,32)/t21-,23-,24-/m1/s1. The molecule has 4 N–H and O–H groups in total. The summed E-state index contributed by atoms with van der Waals surface area (Å²) >= 11 is 0. The number of fused-ring (bicyclic) bond motifs is 1. The van der Waals surface area contributed by atoms with Gasteiger partial charge in [0.15, 0.2) is 0 Å². The van der Waals surface area contributed by atoms with Crippen molar-refractivity contribution in [2.24, 2.45) is 5.92 Å². The largest absolute Gasteiger partial charge is 0.489 e. The van der Waals surface area contributed by atoms with Gasteiger partial charge in [0.25, 0.3) is 5.91 Å². The minimum Gasteiger partial charge on any atom is -0.489 e. The molecule has 0 bridgehead atoms. The first-order valence-corrected chi connectivity index (χ1v) is 11.5. The average Bonchev–Trinajstić information content (AvgIpc) is 2.87. The van der Waals surface area contributed by atoms with Crippen molar-refractivity contribution in [3.63, 3.8) is 0 Å². The molecule has 3 aromatic rings. The lowest BCUT2D eigenvalue weighted by Gasteiger charge is -2.37. The first kappa shape index (κ1) is 23.7. The number of para-hydroxylation sites is 1. The third-order valence-electron chi connectivity index (χ3n) is 6.45. The van der Waals surface area contributed by atoms with Gasteiger partial charge in [0.1, 0.15) is 12.4 Å². The summed E-state index contributed by atoms with van der Waals surface area (Å²) in [5.41, 5.74) is 5.12. The van der Waals surface area contributed by atoms with E-state index in [0.717, 1.165) is 35.0 Å². The van der Waals surface area contributed by atoms with Crippen LogP contribution in [0.15, 0.2) is 54.6 Å². The fourth-order valence-corrected chi connectivity index (χ4v) is 4.71. The maximum Gasteiger partial charge on any atom is 0.251 e. The van der Waals surface area contributed by atoms with Crippen molar-refractivity contribution < 1.29 is 19.5 Å². The zero-order chi connectivity index (χ0) is 24.1. The number of hydroxylamine groups is 1. The number of carbonyl (C=O) groups excluding carboxylic acids is 2. The Kier molecular flexibility index (Phi) is 7.40. The number of aryl methyl sites for hydroxylation is 1. The molecule has 1 heterocycles. The molecular formula is C26H30N4O4. The molecule has 8 heteroatoms. The molecule has 1 aliphatic rings. The van der Waals surface area contributed by atoms with Gasteiger partial charge in [0.05, 0.1) is 17.5 Å². The second-order valence-corrected chi connectivity index (χ2v) is 8.66. The molecule has 1 fully saturated rings. The molecule has 0 saturated heterocycles. The molecule has 34 heavy (non-hydrogen) atoms. The number of likely N-dealkylation sites (N-methyl/N-ethyl adjacent to an activating group) is 1. The lowest BCUT2D eigenvalue weighted by atomic mass is 9.80. The molecule has 2 amide bonds. The molecule has 0 spiro atoms. The number of aromatic nitrogens is 1. The second kappa shape index (κ2) is 10.6. The highest BCUT2D eigenvalue weighted by atomic mass is 16.5. The summed E-state index contributed by atoms with van der Waals surface area (Å²) < 4.78 is 5.99. The van der Waals surface area contributed by atoms with Crippen LogP contribution >= 0.6 is 0 Å². The predicted octanol–water partition coefficient (Wildman–Crippen LogP) is 3.11. The van der Waals surface area contributed by atoms with Crippen molar-refractivity contribution in [2.45, 2.75) is 44.9 Å². The highest BCUT2D eigenvalue weighted by Gasteiger charge is 2.38. The maximum atomic E-state index is 12.9. The minimum absolute atomic E-state index is 0.0544. The average molecular weight is 463 g/mol. The van der Waals surface area contributed by atoms with Crippen molar-refractivity contribution in [3.05, 3.63) is 71.4 Å². The lowest BCUT2D eigenvalue weighted by Crippen LogP contribution is -2.58. The molecular weight excluding hydrogens is 432 g/mol. The van der Waals surface area contributed by atoms with Gasteiger partial charge in [-0.3, -0.25) is 19.8 Å². The van der Waals surface area contributed by atoms with Gasteiger partial charge in [-0.05, 0) is 63.2 Å². The van der Waals surface area contributed by atoms with E-state index in [-0.39, 0.29) is 11.9 Å². The number of amides is 2. The van der Waals surface area contributed by atoms with Crippen molar-refractivity contribution in [1.29, 1.82) is 0 Å². The number of rotatable bonds is 7. The van der Waals surface area contributed by atoms with Gasteiger partial charge in [-0.15, -0.1) is 0 Å². The number of carbonyl (C=O) groups is 2. The summed E-state index contributed by atoms with van der Waals surface area (Å²) in [5.74, 6) is -0.599. The van der Waals surface area contributed by atoms with E-state index in [1.807, 2.05) is 44.3 Å². The van der Waals surface area contributed by atoms with Crippen LogP contribution in [-0.2, 0) is 11.4 Å². The van der Waals surface area contributed by atoms with Gasteiger partial charge in [0, 0.05) is 28.2 Å². The number of hydrogen-bond donors (Lipinski definition) is 4. The van der Waals surface area contributed by atoms with Crippen molar-refractivity contribution >= 4 is 22.7 Å². The van der Waals surface area contributed by atoms with Crippen LogP contribution in [-0.4, -0.2) is 41.1 Å². The van der Waals surface area contributed by atoms with Crippen LogP contribution in [0.4, 0.5) is 0 Å². The molecule has 2 aromatic carbocycles. The molecule has 1 saturated carbocycles. The Morgan fingerprint density at radius 3 is 2.62 bits per heavy atom. The van der Waals surface area contributed by atoms with Crippen molar-refractivity contribution in [1.82, 2.24) is 21.1 Å². The summed E-state index contributed by atoms with van der Waals surface area (Å²) in [6, 6.07) is 16.4. The van der Waals surface area contributed by atoms with E-state index in [9.17, 15) is 9.59 Å². The van der Waals surface area contributed by atoms with Gasteiger partial charge >= 0.3 is 0 Å². The number of hydrogen-bond acceptors (Lipinski definition) is 6. The molecule has 0 aliphatic heterocycles. The molecule has 3 atom stereocenters. The van der Waals surface area contributed by atoms with Gasteiger partial charge in [0.2, 0.25) is 5.91 Å². The van der Waals surface area contributed by atoms with Crippen molar-refractivity contribution in [3.8, 4) is 5.75 Å². The Morgan fingerprint density at radius 2 is 1.88 bits per heavy atom. The second-order valence-electron chi connectivity index (χ2n) is 8.66. The molecule has 0 unspecified atom stereocenters. The number of benzene rings is 2. The highest BCUT2D eigenvalue weighted by molar-refractivity contribution is 5.95. The van der Waals surface area contributed by atoms with Crippen LogP contribution in [0.1, 0.15) is 40.9 Å². The quantitative estimate of drug-likeness (QED) is 0.317. The number of nitrogens with one attached hydrogen (secondary N) is 3. The summed E-state index contributed by atoms with van der Waals surface area (Å²) in [4.78, 5) is 29.6. The molecule has 1 aliphatic carbocycles. The Labute approximate surface area is 198 Å². The van der Waals surface area contributed by atoms with Crippen LogP contribution in [0.3, 0.4) is 0 Å². The zero-order valence-electron chi connectivity index (χ0n) is 19.4. The lowest BCUT2D eigenvalue weighted by molar-refractivity contribution is -0.135. The SMILES string of the molecule is CN[C@@H]1CCC[C@@H](C(=O)NO)[C@H]1NC(=O)c1ccc(OCc2cc(C)nc3ccccc23)cc1. The van der Waals surface area contributed by atoms with Crippen LogP contribution in [0, 0.1) is 12.8 Å². The van der Waals surface area contributed by atoms with Gasteiger partial charge in [-0.1, -0.05) is 24.6 Å². The van der Waals surface area contributed by atoms with E-state index in [1.165, 1.54) is 0 Å². The molecule has 1 aromatic heterocycles. The fraction of sp³-hybridized carbons (Fsp3) is 0.346. The van der Waals surface area contributed by atoms with Crippen LogP contribution < -0.4 is 20.9 Å². The van der Waals surface area contributed by atoms with Gasteiger partial charge in [-0.2, -0.15) is 0 Å². The van der Waals surface area contributed by atoms with E-state index < -0.39 is 17.9 Å². The van der Waals surface area contributed by atoms with E-state index in [0.29, 0.717) is 24.3 Å². The van der Waals surface area contributed by atoms with E-state index in [2.05, 4.69) is 15.6 Å². The Balaban J connectivity index is 1.43. The van der Waals surface area contributed by atoms with E-state index in [1.54, 1.807) is 29.7 Å². The van der Waals surface area contributed by atoms with Crippen molar-refractivity contribution in [2.75, 3.05) is 7.05 Å². The first-order chi connectivity index (χ1) is 16.5. The fourth-order valence-electron chi connectivity index (χ4n) is 4.71. The Hall–Kier alpha value is -3.49. The van der Waals surface area contributed by atoms with Gasteiger partial charge < -0.3 is 15.4 Å². The maximum absolute atomic E-state index is 12.9. The number of nitrogens with zero attached hydrogens (tertiary/aromatic N) is 1. The monoisotopic (exact) mass is 462 g/mol. The minimum atomic E-state index is -0.499. The summed E-state index contributed by atoms with van der Waals surface area (Å²) in [6.45, 7) is 2.35. The summed E-state index contributed by atoms with van der Waals surface area (Å²) in [7, 11) is 1.81. The third kappa shape index (κ3) is 5.18. The Morgan fingerprint density at radius 1 is 1.12 bits per heavy atom. The third-order valence-corrected chi connectivity index (χ3v) is 6.45. The first-order valence-electron chi connectivity index (χ1n) is 11.5. The number of ether oxygens (including phenoxy) is 1. The zero-order valence-corrected chi connectivity index (χ0v) is 19.4. The topological polar surface area (TPSA) is 113 Å². The predicted molar refractivity (Wildman–Crippen MR) is 129 cm³/mol. The smallest absolute Gasteiger partial charge is 0.251 e.